The Hall–Kier alpha value is -5.43. The topological polar surface area (TPSA) is 142 Å². The number of hydrogen-bond acceptors (Lipinski definition) is 10. The zero-order valence-electron chi connectivity index (χ0n) is 25.0. The number of rotatable bonds is 9. The predicted molar refractivity (Wildman–Crippen MR) is 168 cm³/mol. The minimum absolute atomic E-state index is 0.0611. The molecule has 0 spiro atoms. The van der Waals surface area contributed by atoms with E-state index in [1.54, 1.807) is 36.4 Å². The molecule has 2 N–H and O–H groups in total. The first-order valence-corrected chi connectivity index (χ1v) is 14.8. The van der Waals surface area contributed by atoms with Gasteiger partial charge in [-0.25, -0.2) is 9.67 Å². The molecule has 0 bridgehead atoms. The zero-order valence-corrected chi connectivity index (χ0v) is 25.0. The van der Waals surface area contributed by atoms with Crippen molar-refractivity contribution in [3.8, 4) is 17.3 Å². The first-order valence-electron chi connectivity index (χ1n) is 14.8. The average molecular weight is 608 g/mol. The van der Waals surface area contributed by atoms with Crippen LogP contribution in [0.1, 0.15) is 18.5 Å². The molecule has 1 unspecified atom stereocenters. The number of aromatic nitrogens is 6. The highest BCUT2D eigenvalue weighted by atomic mass is 16.5. The molecule has 45 heavy (non-hydrogen) atoms. The highest BCUT2D eigenvalue weighted by Gasteiger charge is 2.35. The number of nitrogen functional groups attached to an aromatic ring is 1. The highest BCUT2D eigenvalue weighted by Crippen LogP contribution is 2.30. The number of amides is 1. The molecule has 6 aromatic rings. The number of nitrogens with two attached hydrogens (primary N) is 1. The van der Waals surface area contributed by atoms with Gasteiger partial charge in [0.1, 0.15) is 12.4 Å². The number of piperazine rings is 1. The van der Waals surface area contributed by atoms with Crippen molar-refractivity contribution in [2.75, 3.05) is 50.6 Å². The normalized spacial score (nSPS) is 16.0. The van der Waals surface area contributed by atoms with Gasteiger partial charge in [-0.2, -0.15) is 14.6 Å². The van der Waals surface area contributed by atoms with Gasteiger partial charge in [0.2, 0.25) is 11.8 Å². The second-order valence-corrected chi connectivity index (χ2v) is 10.9. The molecular formula is C32H33N9O4. The van der Waals surface area contributed by atoms with Crippen molar-refractivity contribution >= 4 is 34.2 Å². The molecule has 0 radical (unpaired) electrons. The summed E-state index contributed by atoms with van der Waals surface area (Å²) in [5.41, 5.74) is 9.17. The number of fused-ring (bicyclic) bond motifs is 3. The second-order valence-electron chi connectivity index (χ2n) is 10.9. The van der Waals surface area contributed by atoms with Crippen LogP contribution in [0.4, 0.5) is 11.6 Å². The molecule has 2 aromatic carbocycles. The number of hydrogen-bond donors (Lipinski definition) is 1. The standard InChI is InChI=1S/C32H33N9O4/c1-21-20-38(23-10-12-24(13-11-23)44-18-17-43-2)14-15-39(21)31(42)27(22-7-4-3-5-8-22)40-30-25(19-34-40)29-35-28(26-9-6-16-45-26)37-41(29)32(33)36-30/h3-13,16,19,21,27H,14-15,17-18,20H2,1-2H3,(H2,33,36)/t21-,27?/m1/s1. The van der Waals surface area contributed by atoms with E-state index in [-0.39, 0.29) is 17.9 Å². The fraction of sp³-hybridized carbons (Fsp3) is 0.281. The van der Waals surface area contributed by atoms with E-state index in [1.165, 1.54) is 4.52 Å². The van der Waals surface area contributed by atoms with Crippen molar-refractivity contribution in [1.29, 1.82) is 0 Å². The van der Waals surface area contributed by atoms with Crippen LogP contribution in [0.2, 0.25) is 0 Å². The fourth-order valence-corrected chi connectivity index (χ4v) is 5.82. The Balaban J connectivity index is 1.18. The minimum atomic E-state index is -0.761. The maximum absolute atomic E-state index is 14.5. The summed E-state index contributed by atoms with van der Waals surface area (Å²) in [6.07, 6.45) is 3.22. The lowest BCUT2D eigenvalue weighted by molar-refractivity contribution is -0.136. The van der Waals surface area contributed by atoms with Gasteiger partial charge in [-0.3, -0.25) is 4.79 Å². The van der Waals surface area contributed by atoms with Gasteiger partial charge in [-0.1, -0.05) is 30.3 Å². The fourth-order valence-electron chi connectivity index (χ4n) is 5.82. The number of methoxy groups -OCH3 is 1. The summed E-state index contributed by atoms with van der Waals surface area (Å²) in [7, 11) is 1.65. The Kier molecular flexibility index (Phi) is 7.51. The number of carbonyl (C=O) groups excluding carboxylic acids is 1. The summed E-state index contributed by atoms with van der Waals surface area (Å²) in [5.74, 6) is 1.74. The maximum Gasteiger partial charge on any atom is 0.252 e. The molecule has 5 heterocycles. The molecule has 2 atom stereocenters. The Bertz CT molecular complexity index is 1920. The molecule has 0 saturated carbocycles. The third-order valence-corrected chi connectivity index (χ3v) is 8.06. The Labute approximate surface area is 258 Å². The summed E-state index contributed by atoms with van der Waals surface area (Å²) in [5, 5.41) is 9.80. The van der Waals surface area contributed by atoms with Crippen LogP contribution in [0.5, 0.6) is 5.75 Å². The van der Waals surface area contributed by atoms with Gasteiger partial charge in [-0.05, 0) is 48.9 Å². The van der Waals surface area contributed by atoms with Crippen LogP contribution in [0, 0.1) is 0 Å². The largest absolute Gasteiger partial charge is 0.491 e. The molecule has 1 amide bonds. The molecule has 230 valence electrons. The zero-order chi connectivity index (χ0) is 30.9. The lowest BCUT2D eigenvalue weighted by Crippen LogP contribution is -2.55. The SMILES string of the molecule is COCCOc1ccc(N2CCN(C(=O)C(c3ccccc3)n3ncc4c3nc(N)n3nc(-c5ccco5)nc43)[C@H](C)C2)cc1. The van der Waals surface area contributed by atoms with Crippen LogP contribution in [-0.4, -0.2) is 86.2 Å². The molecule has 0 aliphatic carbocycles. The van der Waals surface area contributed by atoms with Crippen LogP contribution in [-0.2, 0) is 9.53 Å². The molecule has 7 rings (SSSR count). The van der Waals surface area contributed by atoms with Crippen LogP contribution in [0.25, 0.3) is 28.3 Å². The number of ether oxygens (including phenoxy) is 2. The molecule has 4 aromatic heterocycles. The van der Waals surface area contributed by atoms with E-state index in [0.29, 0.717) is 61.1 Å². The number of anilines is 2. The van der Waals surface area contributed by atoms with Crippen LogP contribution in [0.15, 0.2) is 83.6 Å². The number of carbonyl (C=O) groups is 1. The van der Waals surface area contributed by atoms with Crippen molar-refractivity contribution in [1.82, 2.24) is 34.3 Å². The van der Waals surface area contributed by atoms with E-state index < -0.39 is 6.04 Å². The van der Waals surface area contributed by atoms with Crippen LogP contribution in [0.3, 0.4) is 0 Å². The van der Waals surface area contributed by atoms with E-state index in [1.807, 2.05) is 59.5 Å². The van der Waals surface area contributed by atoms with Gasteiger partial charge in [0.25, 0.3) is 5.91 Å². The maximum atomic E-state index is 14.5. The summed E-state index contributed by atoms with van der Waals surface area (Å²) >= 11 is 0. The van der Waals surface area contributed by atoms with Gasteiger partial charge < -0.3 is 29.4 Å². The lowest BCUT2D eigenvalue weighted by Gasteiger charge is -2.42. The first-order chi connectivity index (χ1) is 22.0. The van der Waals surface area contributed by atoms with Crippen molar-refractivity contribution in [2.45, 2.75) is 19.0 Å². The third kappa shape index (κ3) is 5.31. The van der Waals surface area contributed by atoms with Gasteiger partial charge in [0, 0.05) is 38.5 Å². The van der Waals surface area contributed by atoms with Gasteiger partial charge in [-0.15, -0.1) is 5.10 Å². The summed E-state index contributed by atoms with van der Waals surface area (Å²) < 4.78 is 19.4. The molecule has 13 nitrogen and oxygen atoms in total. The molecular weight excluding hydrogens is 574 g/mol. The molecule has 1 aliphatic rings. The number of benzene rings is 2. The number of furan rings is 1. The van der Waals surface area contributed by atoms with E-state index >= 15 is 0 Å². The molecule has 1 fully saturated rings. The smallest absolute Gasteiger partial charge is 0.252 e. The van der Waals surface area contributed by atoms with Gasteiger partial charge in [0.05, 0.1) is 24.5 Å². The lowest BCUT2D eigenvalue weighted by atomic mass is 10.0. The third-order valence-electron chi connectivity index (χ3n) is 8.06. The first kappa shape index (κ1) is 28.3. The summed E-state index contributed by atoms with van der Waals surface area (Å²) in [6.45, 7) is 5.02. The van der Waals surface area contributed by atoms with Crippen LogP contribution < -0.4 is 15.4 Å². The van der Waals surface area contributed by atoms with Gasteiger partial charge in [0.15, 0.2) is 23.1 Å². The van der Waals surface area contributed by atoms with Crippen molar-refractivity contribution < 1.29 is 18.7 Å². The summed E-state index contributed by atoms with van der Waals surface area (Å²) in [6, 6.07) is 20.4. The van der Waals surface area contributed by atoms with E-state index in [4.69, 9.17) is 24.7 Å². The predicted octanol–water partition coefficient (Wildman–Crippen LogP) is 3.67. The average Bonchev–Trinajstić information content (AvgIpc) is 3.83. The Morgan fingerprint density at radius 3 is 2.58 bits per heavy atom. The molecule has 1 saturated heterocycles. The van der Waals surface area contributed by atoms with E-state index in [9.17, 15) is 4.79 Å². The van der Waals surface area contributed by atoms with Crippen molar-refractivity contribution in [2.24, 2.45) is 0 Å². The monoisotopic (exact) mass is 607 g/mol. The van der Waals surface area contributed by atoms with E-state index in [2.05, 4.69) is 26.9 Å². The summed E-state index contributed by atoms with van der Waals surface area (Å²) in [4.78, 5) is 28.0. The second kappa shape index (κ2) is 11.9. The Morgan fingerprint density at radius 1 is 1.02 bits per heavy atom. The quantitative estimate of drug-likeness (QED) is 0.242. The van der Waals surface area contributed by atoms with Crippen molar-refractivity contribution in [3.05, 3.63) is 84.8 Å². The van der Waals surface area contributed by atoms with Crippen LogP contribution >= 0.6 is 0 Å². The molecule has 13 heteroatoms. The number of nitrogens with zero attached hydrogens (tertiary/aromatic N) is 8. The molecule has 1 aliphatic heterocycles. The van der Waals surface area contributed by atoms with E-state index in [0.717, 1.165) is 17.0 Å². The highest BCUT2D eigenvalue weighted by molar-refractivity contribution is 5.93. The Morgan fingerprint density at radius 2 is 1.84 bits per heavy atom. The van der Waals surface area contributed by atoms with Gasteiger partial charge >= 0.3 is 0 Å². The minimum Gasteiger partial charge on any atom is -0.491 e. The van der Waals surface area contributed by atoms with Crippen molar-refractivity contribution in [3.63, 3.8) is 0 Å².